The lowest BCUT2D eigenvalue weighted by Gasteiger charge is -2.38. The van der Waals surface area contributed by atoms with Gasteiger partial charge in [0.05, 0.1) is 5.60 Å². The minimum absolute atomic E-state index is 0.0144. The quantitative estimate of drug-likeness (QED) is 0.806. The lowest BCUT2D eigenvalue weighted by atomic mass is 9.83. The third-order valence-corrected chi connectivity index (χ3v) is 4.97. The largest absolute Gasteiger partial charge is 0.390 e. The molecule has 0 aromatic carbocycles. The van der Waals surface area contributed by atoms with Gasteiger partial charge < -0.3 is 10.0 Å². The van der Waals surface area contributed by atoms with E-state index in [1.165, 1.54) is 0 Å². The van der Waals surface area contributed by atoms with Crippen molar-refractivity contribution in [1.29, 1.82) is 0 Å². The zero-order valence-electron chi connectivity index (χ0n) is 13.3. The number of carbonyl (C=O) groups is 1. The number of fused-ring (bicyclic) bond motifs is 1. The van der Waals surface area contributed by atoms with Gasteiger partial charge in [0.15, 0.2) is 0 Å². The summed E-state index contributed by atoms with van der Waals surface area (Å²) in [6.07, 6.45) is 8.60. The molecular weight excluding hydrogens is 282 g/mol. The molecule has 1 fully saturated rings. The maximum atomic E-state index is 12.7. The summed E-state index contributed by atoms with van der Waals surface area (Å²) in [7, 11) is 1.83. The molecule has 120 valence electrons. The molecule has 3 aliphatic rings. The van der Waals surface area contributed by atoms with Crippen molar-refractivity contribution < 1.29 is 14.8 Å². The molecule has 1 unspecified atom stereocenters. The Labute approximate surface area is 130 Å². The van der Waals surface area contributed by atoms with Crippen LogP contribution in [0, 0.1) is 0 Å². The molecule has 1 atom stereocenters. The molecule has 1 heterocycles. The van der Waals surface area contributed by atoms with E-state index >= 15 is 0 Å². The lowest BCUT2D eigenvalue weighted by Crippen LogP contribution is -2.45. The number of carbonyl (C=O) groups excluding carboxylic acids is 1. The van der Waals surface area contributed by atoms with Crippen LogP contribution >= 0.6 is 0 Å². The molecule has 6 heteroatoms. The van der Waals surface area contributed by atoms with Crippen LogP contribution in [0.5, 0.6) is 0 Å². The van der Waals surface area contributed by atoms with E-state index < -0.39 is 11.1 Å². The monoisotopic (exact) mass is 305 g/mol. The molecule has 1 amide bonds. The molecule has 0 bridgehead atoms. The Morgan fingerprint density at radius 3 is 2.82 bits per heavy atom. The second-order valence-corrected chi connectivity index (χ2v) is 6.95. The normalized spacial score (nSPS) is 37.0. The van der Waals surface area contributed by atoms with E-state index in [1.807, 2.05) is 33.0 Å². The van der Waals surface area contributed by atoms with Crippen LogP contribution in [0.25, 0.3) is 0 Å². The number of likely N-dealkylation sites (N-methyl/N-ethyl adjacent to an activating group) is 1. The van der Waals surface area contributed by atoms with Crippen molar-refractivity contribution in [3.8, 4) is 0 Å². The number of amides is 1. The van der Waals surface area contributed by atoms with Crippen LogP contribution in [0.4, 0.5) is 0 Å². The molecule has 0 saturated heterocycles. The number of aliphatic hydroxyl groups is 1. The van der Waals surface area contributed by atoms with E-state index in [2.05, 4.69) is 10.6 Å². The van der Waals surface area contributed by atoms with Crippen LogP contribution in [0.15, 0.2) is 29.0 Å². The predicted molar refractivity (Wildman–Crippen MR) is 82.9 cm³/mol. The molecule has 2 aliphatic carbocycles. The average Bonchev–Trinajstić information content (AvgIpc) is 2.86. The Balaban J connectivity index is 1.70. The number of nitrogens with zero attached hydrogens (tertiary/aromatic N) is 2. The molecule has 0 aromatic rings. The van der Waals surface area contributed by atoms with Crippen LogP contribution in [0.3, 0.4) is 0 Å². The first-order chi connectivity index (χ1) is 10.3. The molecule has 0 spiro atoms. The highest BCUT2D eigenvalue weighted by Crippen LogP contribution is 2.31. The zero-order chi connectivity index (χ0) is 16.0. The number of oxime groups is 1. The lowest BCUT2D eigenvalue weighted by molar-refractivity contribution is -0.129. The van der Waals surface area contributed by atoms with E-state index in [0.29, 0.717) is 11.3 Å². The van der Waals surface area contributed by atoms with Crippen LogP contribution < -0.4 is 5.48 Å². The van der Waals surface area contributed by atoms with Crippen LogP contribution in [-0.4, -0.2) is 45.9 Å². The van der Waals surface area contributed by atoms with Crippen molar-refractivity contribution in [2.45, 2.75) is 56.7 Å². The van der Waals surface area contributed by atoms with Crippen LogP contribution in [0.1, 0.15) is 39.5 Å². The van der Waals surface area contributed by atoms with Gasteiger partial charge in [-0.25, -0.2) is 0 Å². The summed E-state index contributed by atoms with van der Waals surface area (Å²) in [6.45, 7) is 3.81. The molecule has 2 N–H and O–H groups in total. The minimum Gasteiger partial charge on any atom is -0.390 e. The Morgan fingerprint density at radius 2 is 2.14 bits per heavy atom. The minimum atomic E-state index is -0.589. The van der Waals surface area contributed by atoms with Gasteiger partial charge in [0, 0.05) is 18.7 Å². The number of hydrogen-bond acceptors (Lipinski definition) is 5. The highest BCUT2D eigenvalue weighted by molar-refractivity contribution is 6.12. The summed E-state index contributed by atoms with van der Waals surface area (Å²) >= 11 is 0. The molecule has 3 rings (SSSR count). The Morgan fingerprint density at radius 1 is 1.45 bits per heavy atom. The first-order valence-electron chi connectivity index (χ1n) is 7.73. The van der Waals surface area contributed by atoms with Crippen molar-refractivity contribution in [3.63, 3.8) is 0 Å². The third kappa shape index (κ3) is 2.68. The first kappa shape index (κ1) is 15.2. The van der Waals surface area contributed by atoms with Gasteiger partial charge in [0.2, 0.25) is 0 Å². The van der Waals surface area contributed by atoms with Crippen molar-refractivity contribution in [2.24, 2.45) is 5.16 Å². The topological polar surface area (TPSA) is 74.2 Å². The van der Waals surface area contributed by atoms with Crippen molar-refractivity contribution >= 4 is 11.6 Å². The number of hydroxylamine groups is 1. The molecule has 0 radical (unpaired) electrons. The second kappa shape index (κ2) is 5.21. The van der Waals surface area contributed by atoms with Gasteiger partial charge in [-0.05, 0) is 45.6 Å². The maximum absolute atomic E-state index is 12.7. The molecule has 1 saturated carbocycles. The highest BCUT2D eigenvalue weighted by atomic mass is 16.8. The Kier molecular flexibility index (Phi) is 3.61. The number of hydrogen-bond donors (Lipinski definition) is 2. The summed E-state index contributed by atoms with van der Waals surface area (Å²) in [6, 6.07) is 0.176. The standard InChI is InChI=1S/C16H23N3O3/c1-15(21)7-5-12(6-8-15)19(3)14(20)11-4-9-16(2)13(10-11)17-22-18-16/h4,9-10,12,18,21H,5-8H2,1-3H3. The molecular formula is C16H23N3O3. The van der Waals surface area contributed by atoms with Crippen LogP contribution in [-0.2, 0) is 9.73 Å². The summed E-state index contributed by atoms with van der Waals surface area (Å²) < 4.78 is 0. The first-order valence-corrected chi connectivity index (χ1v) is 7.73. The van der Waals surface area contributed by atoms with Crippen molar-refractivity contribution in [1.82, 2.24) is 10.4 Å². The number of nitrogens with one attached hydrogen (secondary N) is 1. The Bertz CT molecular complexity index is 569. The fraction of sp³-hybridized carbons (Fsp3) is 0.625. The third-order valence-electron chi connectivity index (χ3n) is 4.97. The van der Waals surface area contributed by atoms with Gasteiger partial charge in [-0.15, -0.1) is 5.48 Å². The molecule has 6 nitrogen and oxygen atoms in total. The number of rotatable bonds is 2. The van der Waals surface area contributed by atoms with E-state index in [1.54, 1.807) is 11.0 Å². The molecule has 1 aliphatic heterocycles. The smallest absolute Gasteiger partial charge is 0.253 e. The summed E-state index contributed by atoms with van der Waals surface area (Å²) in [5.74, 6) is -0.0144. The predicted octanol–water partition coefficient (Wildman–Crippen LogP) is 1.28. The fourth-order valence-corrected chi connectivity index (χ4v) is 3.18. The summed E-state index contributed by atoms with van der Waals surface area (Å²) in [4.78, 5) is 19.4. The van der Waals surface area contributed by atoms with Gasteiger partial charge in [-0.2, -0.15) is 0 Å². The fourth-order valence-electron chi connectivity index (χ4n) is 3.18. The maximum Gasteiger partial charge on any atom is 0.253 e. The summed E-state index contributed by atoms with van der Waals surface area (Å²) in [5.41, 5.74) is 3.09. The van der Waals surface area contributed by atoms with Gasteiger partial charge in [-0.1, -0.05) is 17.3 Å². The van der Waals surface area contributed by atoms with Gasteiger partial charge in [-0.3, -0.25) is 9.73 Å². The second-order valence-electron chi connectivity index (χ2n) is 6.95. The zero-order valence-corrected chi connectivity index (χ0v) is 13.3. The van der Waals surface area contributed by atoms with Gasteiger partial charge >= 0.3 is 0 Å². The molecule has 22 heavy (non-hydrogen) atoms. The Hall–Kier alpha value is -1.66. The van der Waals surface area contributed by atoms with E-state index in [4.69, 9.17) is 4.94 Å². The summed E-state index contributed by atoms with van der Waals surface area (Å²) in [5, 5.41) is 14.0. The van der Waals surface area contributed by atoms with E-state index in [9.17, 15) is 9.90 Å². The SMILES string of the molecule is CN(C(=O)C1=CC2=NONC2(C)C=C1)C1CCC(C)(O)CC1. The molecule has 0 aromatic heterocycles. The highest BCUT2D eigenvalue weighted by Gasteiger charge is 2.37. The van der Waals surface area contributed by atoms with Gasteiger partial charge in [0.25, 0.3) is 5.91 Å². The average molecular weight is 305 g/mol. The van der Waals surface area contributed by atoms with Crippen molar-refractivity contribution in [2.75, 3.05) is 7.05 Å². The van der Waals surface area contributed by atoms with E-state index in [0.717, 1.165) is 25.7 Å². The van der Waals surface area contributed by atoms with Crippen molar-refractivity contribution in [3.05, 3.63) is 23.8 Å². The van der Waals surface area contributed by atoms with Gasteiger partial charge in [0.1, 0.15) is 11.3 Å². The van der Waals surface area contributed by atoms with Crippen LogP contribution in [0.2, 0.25) is 0 Å². The van der Waals surface area contributed by atoms with E-state index in [-0.39, 0.29) is 11.9 Å².